The molecule has 1 rings (SSSR count). The molecule has 1 saturated heterocycles. The fraction of sp³-hybridized carbons (Fsp3) is 0.750. The highest BCUT2D eigenvalue weighted by atomic mass is 16.5. The zero-order valence-electron chi connectivity index (χ0n) is 11.6. The number of imide groups is 1. The number of nitrogens with one attached hydrogen (secondary N) is 2. The third-order valence-electron chi connectivity index (χ3n) is 3.11. The van der Waals surface area contributed by atoms with E-state index in [-0.39, 0.29) is 13.1 Å². The lowest BCUT2D eigenvalue weighted by Crippen LogP contribution is -2.46. The summed E-state index contributed by atoms with van der Waals surface area (Å²) in [6, 6.07) is 0. The number of carboxylic acids is 1. The Balaban J connectivity index is 2.27. The lowest BCUT2D eigenvalue weighted by atomic mass is 9.98. The second-order valence-electron chi connectivity index (χ2n) is 4.81. The first kappa shape index (κ1) is 16.4. The Bertz CT molecular complexity index is 361. The predicted molar refractivity (Wildman–Crippen MR) is 70.2 cm³/mol. The molecule has 1 fully saturated rings. The summed E-state index contributed by atoms with van der Waals surface area (Å²) < 4.78 is 4.35. The van der Waals surface area contributed by atoms with Crippen LogP contribution in [0.2, 0.25) is 0 Å². The van der Waals surface area contributed by atoms with Gasteiger partial charge < -0.3 is 15.2 Å². The Morgan fingerprint density at radius 2 is 2.15 bits per heavy atom. The minimum atomic E-state index is -0.880. The van der Waals surface area contributed by atoms with Gasteiger partial charge >= 0.3 is 12.1 Å². The van der Waals surface area contributed by atoms with Crippen LogP contribution in [-0.4, -0.2) is 67.8 Å². The van der Waals surface area contributed by atoms with Crippen molar-refractivity contribution in [3.8, 4) is 0 Å². The first-order valence-corrected chi connectivity index (χ1v) is 6.54. The second-order valence-corrected chi connectivity index (χ2v) is 4.81. The van der Waals surface area contributed by atoms with Crippen LogP contribution in [0.5, 0.6) is 0 Å². The molecule has 0 bridgehead atoms. The van der Waals surface area contributed by atoms with E-state index < -0.39 is 18.0 Å². The van der Waals surface area contributed by atoms with Crippen LogP contribution in [0.1, 0.15) is 12.8 Å². The van der Waals surface area contributed by atoms with E-state index in [2.05, 4.69) is 15.4 Å². The van der Waals surface area contributed by atoms with Crippen molar-refractivity contribution >= 4 is 18.0 Å². The molecule has 0 spiro atoms. The molecule has 8 nitrogen and oxygen atoms in total. The van der Waals surface area contributed by atoms with Crippen molar-refractivity contribution in [3.63, 3.8) is 0 Å². The average molecular weight is 287 g/mol. The Labute approximate surface area is 117 Å². The van der Waals surface area contributed by atoms with Gasteiger partial charge in [0.15, 0.2) is 0 Å². The van der Waals surface area contributed by atoms with E-state index >= 15 is 0 Å². The molecule has 0 radical (unpaired) electrons. The fourth-order valence-corrected chi connectivity index (χ4v) is 2.25. The molecular weight excluding hydrogens is 266 g/mol. The van der Waals surface area contributed by atoms with Crippen molar-refractivity contribution in [1.29, 1.82) is 0 Å². The first-order chi connectivity index (χ1) is 9.51. The van der Waals surface area contributed by atoms with Crippen LogP contribution in [0.15, 0.2) is 0 Å². The van der Waals surface area contributed by atoms with Crippen molar-refractivity contribution in [2.45, 2.75) is 12.8 Å². The molecule has 1 heterocycles. The maximum atomic E-state index is 11.5. The number of carbonyl (C=O) groups excluding carboxylic acids is 2. The maximum absolute atomic E-state index is 11.5. The number of hydrogen-bond donors (Lipinski definition) is 3. The van der Waals surface area contributed by atoms with Gasteiger partial charge in [-0.05, 0) is 31.8 Å². The minimum absolute atomic E-state index is 0.0562. The molecule has 20 heavy (non-hydrogen) atoms. The van der Waals surface area contributed by atoms with E-state index in [4.69, 9.17) is 5.11 Å². The summed E-state index contributed by atoms with van der Waals surface area (Å²) in [5.41, 5.74) is 0. The number of methoxy groups -OCH3 is 1. The third-order valence-corrected chi connectivity index (χ3v) is 3.11. The number of piperidine rings is 1. The summed E-state index contributed by atoms with van der Waals surface area (Å²) in [5, 5.41) is 13.5. The highest BCUT2D eigenvalue weighted by Crippen LogP contribution is 2.15. The number of carbonyl (C=O) groups is 3. The van der Waals surface area contributed by atoms with E-state index in [1.807, 2.05) is 4.90 Å². The van der Waals surface area contributed by atoms with Crippen LogP contribution in [0.4, 0.5) is 4.79 Å². The average Bonchev–Trinajstić information content (AvgIpc) is 2.38. The lowest BCUT2D eigenvalue weighted by molar-refractivity contribution is -0.136. The molecule has 1 aliphatic heterocycles. The summed E-state index contributed by atoms with van der Waals surface area (Å²) in [7, 11) is 1.20. The highest BCUT2D eigenvalue weighted by Gasteiger charge is 2.22. The second kappa shape index (κ2) is 8.49. The number of rotatable bonds is 6. The van der Waals surface area contributed by atoms with Gasteiger partial charge in [-0.15, -0.1) is 0 Å². The van der Waals surface area contributed by atoms with Gasteiger partial charge in [-0.1, -0.05) is 0 Å². The summed E-state index contributed by atoms with van der Waals surface area (Å²) >= 11 is 0. The molecule has 0 saturated carbocycles. The number of likely N-dealkylation sites (tertiary alicyclic amines) is 1. The molecule has 1 atom stereocenters. The van der Waals surface area contributed by atoms with Gasteiger partial charge in [-0.2, -0.15) is 0 Å². The topological polar surface area (TPSA) is 108 Å². The van der Waals surface area contributed by atoms with Crippen LogP contribution in [-0.2, 0) is 14.3 Å². The predicted octanol–water partition coefficient (Wildman–Crippen LogP) is -0.745. The Morgan fingerprint density at radius 1 is 1.40 bits per heavy atom. The molecule has 114 valence electrons. The van der Waals surface area contributed by atoms with E-state index in [1.165, 1.54) is 7.11 Å². The van der Waals surface area contributed by atoms with Crippen LogP contribution >= 0.6 is 0 Å². The van der Waals surface area contributed by atoms with Crippen LogP contribution < -0.4 is 10.6 Å². The molecule has 0 aliphatic carbocycles. The maximum Gasteiger partial charge on any atom is 0.413 e. The van der Waals surface area contributed by atoms with Crippen molar-refractivity contribution in [2.75, 3.05) is 39.8 Å². The summed E-state index contributed by atoms with van der Waals surface area (Å²) in [6.45, 7) is 2.20. The SMILES string of the molecule is COC(=O)NC(=O)CN1CCCC(CNCC(=O)O)C1. The Hall–Kier alpha value is -1.67. The molecule has 0 aromatic rings. The molecule has 1 unspecified atom stereocenters. The number of ether oxygens (including phenoxy) is 1. The molecular formula is C12H21N3O5. The normalized spacial score (nSPS) is 19.4. The van der Waals surface area contributed by atoms with Gasteiger partial charge in [0.1, 0.15) is 0 Å². The van der Waals surface area contributed by atoms with Gasteiger partial charge in [-0.25, -0.2) is 4.79 Å². The standard InChI is InChI=1S/C12H21N3O5/c1-20-12(19)14-10(16)8-15-4-2-3-9(7-15)5-13-6-11(17)18/h9,13H,2-8H2,1H3,(H,17,18)(H,14,16,19). The summed E-state index contributed by atoms with van der Waals surface area (Å²) in [4.78, 5) is 34.8. The Morgan fingerprint density at radius 3 is 2.80 bits per heavy atom. The largest absolute Gasteiger partial charge is 0.480 e. The monoisotopic (exact) mass is 287 g/mol. The molecule has 0 aromatic heterocycles. The van der Waals surface area contributed by atoms with E-state index in [9.17, 15) is 14.4 Å². The first-order valence-electron chi connectivity index (χ1n) is 6.54. The number of alkyl carbamates (subject to hydrolysis) is 1. The zero-order chi connectivity index (χ0) is 15.0. The van der Waals surface area contributed by atoms with Gasteiger partial charge in [-0.3, -0.25) is 19.8 Å². The Kier molecular flexibility index (Phi) is 6.96. The fourth-order valence-electron chi connectivity index (χ4n) is 2.25. The highest BCUT2D eigenvalue weighted by molar-refractivity contribution is 5.92. The van der Waals surface area contributed by atoms with Gasteiger partial charge in [0.05, 0.1) is 20.2 Å². The van der Waals surface area contributed by atoms with Crippen LogP contribution in [0, 0.1) is 5.92 Å². The molecule has 1 aliphatic rings. The molecule has 0 aromatic carbocycles. The number of carboxylic acid groups (broad SMARTS) is 1. The smallest absolute Gasteiger partial charge is 0.413 e. The zero-order valence-corrected chi connectivity index (χ0v) is 11.6. The quantitative estimate of drug-likeness (QED) is 0.590. The lowest BCUT2D eigenvalue weighted by Gasteiger charge is -2.32. The number of aliphatic carboxylic acids is 1. The summed E-state index contributed by atoms with van der Waals surface area (Å²) in [5.74, 6) is -0.958. The van der Waals surface area contributed by atoms with Gasteiger partial charge in [0.2, 0.25) is 5.91 Å². The van der Waals surface area contributed by atoms with Gasteiger partial charge in [0, 0.05) is 6.54 Å². The van der Waals surface area contributed by atoms with Crippen LogP contribution in [0.25, 0.3) is 0 Å². The van der Waals surface area contributed by atoms with E-state index in [0.29, 0.717) is 19.0 Å². The third kappa shape index (κ3) is 6.48. The van der Waals surface area contributed by atoms with E-state index in [1.54, 1.807) is 0 Å². The van der Waals surface area contributed by atoms with Crippen molar-refractivity contribution in [1.82, 2.24) is 15.5 Å². The van der Waals surface area contributed by atoms with E-state index in [0.717, 1.165) is 19.4 Å². The van der Waals surface area contributed by atoms with Crippen molar-refractivity contribution in [2.24, 2.45) is 5.92 Å². The minimum Gasteiger partial charge on any atom is -0.480 e. The number of amides is 2. The summed E-state index contributed by atoms with van der Waals surface area (Å²) in [6.07, 6.45) is 1.19. The number of hydrogen-bond acceptors (Lipinski definition) is 6. The van der Waals surface area contributed by atoms with Crippen molar-refractivity contribution in [3.05, 3.63) is 0 Å². The van der Waals surface area contributed by atoms with Crippen molar-refractivity contribution < 1.29 is 24.2 Å². The number of nitrogens with zero attached hydrogens (tertiary/aromatic N) is 1. The van der Waals surface area contributed by atoms with Gasteiger partial charge in [0.25, 0.3) is 0 Å². The van der Waals surface area contributed by atoms with Crippen LogP contribution in [0.3, 0.4) is 0 Å². The molecule has 2 amide bonds. The molecule has 8 heteroatoms. The molecule has 3 N–H and O–H groups in total.